The molecule has 0 bridgehead atoms. The van der Waals surface area contributed by atoms with Gasteiger partial charge in [-0.15, -0.1) is 0 Å². The fourth-order valence-corrected chi connectivity index (χ4v) is 2.03. The van der Waals surface area contributed by atoms with Crippen molar-refractivity contribution in [2.24, 2.45) is 0 Å². The molecule has 0 fully saturated rings. The summed E-state index contributed by atoms with van der Waals surface area (Å²) in [4.78, 5) is 8.94. The maximum absolute atomic E-state index is 4.54. The summed E-state index contributed by atoms with van der Waals surface area (Å²) in [6.07, 6.45) is 2.64. The number of rotatable bonds is 3. The molecule has 0 aliphatic carbocycles. The summed E-state index contributed by atoms with van der Waals surface area (Å²) < 4.78 is 1.84. The Balaban J connectivity index is 2.20. The lowest BCUT2D eigenvalue weighted by Gasteiger charge is -2.07. The van der Waals surface area contributed by atoms with Crippen LogP contribution in [-0.4, -0.2) is 26.8 Å². The first-order valence-corrected chi connectivity index (χ1v) is 6.30. The van der Waals surface area contributed by atoms with Crippen molar-refractivity contribution in [3.8, 4) is 5.82 Å². The van der Waals surface area contributed by atoms with E-state index < -0.39 is 0 Å². The molecule has 1 N–H and O–H groups in total. The number of nitrogens with one attached hydrogen (secondary N) is 1. The highest BCUT2D eigenvalue weighted by molar-refractivity contribution is 5.79. The highest BCUT2D eigenvalue weighted by Crippen LogP contribution is 2.18. The van der Waals surface area contributed by atoms with Crippen molar-refractivity contribution < 1.29 is 0 Å². The summed E-state index contributed by atoms with van der Waals surface area (Å²) in [5, 5.41) is 8.58. The molecule has 96 valence electrons. The van der Waals surface area contributed by atoms with Crippen LogP contribution in [0.4, 0.5) is 5.82 Å². The number of benzene rings is 1. The summed E-state index contributed by atoms with van der Waals surface area (Å²) in [7, 11) is 1.85. The molecular formula is C14H15N5. The molecule has 0 aliphatic rings. The number of hydrogen-bond donors (Lipinski definition) is 1. The third kappa shape index (κ3) is 2.03. The fourth-order valence-electron chi connectivity index (χ4n) is 2.03. The lowest BCUT2D eigenvalue weighted by atomic mass is 10.2. The minimum Gasteiger partial charge on any atom is -0.373 e. The van der Waals surface area contributed by atoms with E-state index in [2.05, 4.69) is 20.4 Å². The van der Waals surface area contributed by atoms with Crippen LogP contribution in [0, 0.1) is 0 Å². The van der Waals surface area contributed by atoms with Gasteiger partial charge in [0.05, 0.1) is 11.7 Å². The van der Waals surface area contributed by atoms with Crippen LogP contribution in [-0.2, 0) is 6.42 Å². The van der Waals surface area contributed by atoms with Gasteiger partial charge in [0.1, 0.15) is 11.6 Å². The largest absolute Gasteiger partial charge is 0.373 e. The first-order chi connectivity index (χ1) is 9.31. The molecule has 0 amide bonds. The SMILES string of the molecule is CCc1nc(NC)cc(-n2ncc3ccccc32)n1. The maximum Gasteiger partial charge on any atom is 0.159 e. The molecule has 2 heterocycles. The van der Waals surface area contributed by atoms with Gasteiger partial charge in [-0.2, -0.15) is 5.10 Å². The van der Waals surface area contributed by atoms with Gasteiger partial charge in [-0.1, -0.05) is 25.1 Å². The van der Waals surface area contributed by atoms with Crippen molar-refractivity contribution in [2.75, 3.05) is 12.4 Å². The summed E-state index contributed by atoms with van der Waals surface area (Å²) in [6.45, 7) is 2.04. The molecule has 1 aromatic carbocycles. The van der Waals surface area contributed by atoms with E-state index in [1.54, 1.807) is 0 Å². The molecule has 0 radical (unpaired) electrons. The Morgan fingerprint density at radius 1 is 1.21 bits per heavy atom. The standard InChI is InChI=1S/C14H15N5/c1-3-12-17-13(15-2)8-14(18-12)19-11-7-5-4-6-10(11)9-16-19/h4-9H,3H2,1-2H3,(H,15,17,18). The highest BCUT2D eigenvalue weighted by Gasteiger charge is 2.08. The van der Waals surface area contributed by atoms with Crippen LogP contribution in [0.5, 0.6) is 0 Å². The fraction of sp³-hybridized carbons (Fsp3) is 0.214. The van der Waals surface area contributed by atoms with Gasteiger partial charge in [-0.25, -0.2) is 14.6 Å². The molecule has 0 atom stereocenters. The number of fused-ring (bicyclic) bond motifs is 1. The van der Waals surface area contributed by atoms with Crippen molar-refractivity contribution in [1.29, 1.82) is 0 Å². The predicted octanol–water partition coefficient (Wildman–Crippen LogP) is 2.42. The first-order valence-electron chi connectivity index (χ1n) is 6.30. The summed E-state index contributed by atoms with van der Waals surface area (Å²) in [5.74, 6) is 2.40. The zero-order chi connectivity index (χ0) is 13.2. The van der Waals surface area contributed by atoms with E-state index in [-0.39, 0.29) is 0 Å². The number of aromatic nitrogens is 4. The first kappa shape index (κ1) is 11.6. The Hall–Kier alpha value is -2.43. The van der Waals surface area contributed by atoms with Crippen LogP contribution in [0.3, 0.4) is 0 Å². The van der Waals surface area contributed by atoms with Crippen LogP contribution >= 0.6 is 0 Å². The molecule has 3 aromatic rings. The molecule has 2 aromatic heterocycles. The average molecular weight is 253 g/mol. The van der Waals surface area contributed by atoms with Crippen LogP contribution in [0.1, 0.15) is 12.7 Å². The molecule has 0 saturated heterocycles. The maximum atomic E-state index is 4.54. The smallest absolute Gasteiger partial charge is 0.159 e. The zero-order valence-electron chi connectivity index (χ0n) is 11.0. The van der Waals surface area contributed by atoms with Gasteiger partial charge in [0.15, 0.2) is 5.82 Å². The van der Waals surface area contributed by atoms with Crippen LogP contribution in [0.25, 0.3) is 16.7 Å². The van der Waals surface area contributed by atoms with E-state index in [4.69, 9.17) is 0 Å². The summed E-state index contributed by atoms with van der Waals surface area (Å²) in [6, 6.07) is 9.99. The molecule has 0 unspecified atom stereocenters. The number of para-hydroxylation sites is 1. The van der Waals surface area contributed by atoms with Crippen LogP contribution in [0.15, 0.2) is 36.5 Å². The third-order valence-corrected chi connectivity index (χ3v) is 3.03. The van der Waals surface area contributed by atoms with Crippen molar-refractivity contribution in [3.05, 3.63) is 42.4 Å². The molecular weight excluding hydrogens is 238 g/mol. The second kappa shape index (κ2) is 4.68. The summed E-state index contributed by atoms with van der Waals surface area (Å²) >= 11 is 0. The summed E-state index contributed by atoms with van der Waals surface area (Å²) in [5.41, 5.74) is 1.05. The second-order valence-electron chi connectivity index (χ2n) is 4.25. The molecule has 19 heavy (non-hydrogen) atoms. The van der Waals surface area contributed by atoms with Crippen molar-refractivity contribution >= 4 is 16.7 Å². The van der Waals surface area contributed by atoms with E-state index in [1.165, 1.54) is 0 Å². The van der Waals surface area contributed by atoms with E-state index in [1.807, 2.05) is 55.2 Å². The van der Waals surface area contributed by atoms with Crippen LogP contribution in [0.2, 0.25) is 0 Å². The monoisotopic (exact) mass is 253 g/mol. The van der Waals surface area contributed by atoms with Gasteiger partial charge in [0, 0.05) is 24.9 Å². The van der Waals surface area contributed by atoms with E-state index in [9.17, 15) is 0 Å². The minimum absolute atomic E-state index is 0.789. The normalized spacial score (nSPS) is 10.8. The van der Waals surface area contributed by atoms with E-state index >= 15 is 0 Å². The van der Waals surface area contributed by atoms with Gasteiger partial charge in [-0.3, -0.25) is 0 Å². The van der Waals surface area contributed by atoms with Crippen LogP contribution < -0.4 is 5.32 Å². The molecule has 0 saturated carbocycles. The number of anilines is 1. The molecule has 0 spiro atoms. The van der Waals surface area contributed by atoms with Gasteiger partial charge in [0.2, 0.25) is 0 Å². The van der Waals surface area contributed by atoms with E-state index in [0.717, 1.165) is 34.8 Å². The number of hydrogen-bond acceptors (Lipinski definition) is 4. The van der Waals surface area contributed by atoms with Gasteiger partial charge < -0.3 is 5.32 Å². The topological polar surface area (TPSA) is 55.6 Å². The minimum atomic E-state index is 0.789. The van der Waals surface area contributed by atoms with Crippen molar-refractivity contribution in [1.82, 2.24) is 19.7 Å². The zero-order valence-corrected chi connectivity index (χ0v) is 11.0. The van der Waals surface area contributed by atoms with Gasteiger partial charge >= 0.3 is 0 Å². The number of aryl methyl sites for hydroxylation is 1. The average Bonchev–Trinajstić information content (AvgIpc) is 2.90. The van der Waals surface area contributed by atoms with Gasteiger partial charge in [0.25, 0.3) is 0 Å². The predicted molar refractivity (Wildman–Crippen MR) is 75.6 cm³/mol. The second-order valence-corrected chi connectivity index (χ2v) is 4.25. The quantitative estimate of drug-likeness (QED) is 0.778. The van der Waals surface area contributed by atoms with Crippen molar-refractivity contribution in [3.63, 3.8) is 0 Å². The Morgan fingerprint density at radius 2 is 2.05 bits per heavy atom. The number of nitrogens with zero attached hydrogens (tertiary/aromatic N) is 4. The van der Waals surface area contributed by atoms with Gasteiger partial charge in [-0.05, 0) is 6.07 Å². The lowest BCUT2D eigenvalue weighted by molar-refractivity contribution is 0.834. The molecule has 3 rings (SSSR count). The van der Waals surface area contributed by atoms with E-state index in [0.29, 0.717) is 0 Å². The Morgan fingerprint density at radius 3 is 2.84 bits per heavy atom. The highest BCUT2D eigenvalue weighted by atomic mass is 15.3. The molecule has 5 nitrogen and oxygen atoms in total. The Kier molecular flexibility index (Phi) is 2.87. The Bertz CT molecular complexity index is 694. The van der Waals surface area contributed by atoms with Crippen molar-refractivity contribution in [2.45, 2.75) is 13.3 Å². The Labute approximate surface area is 111 Å². The lowest BCUT2D eigenvalue weighted by Crippen LogP contribution is -2.06. The molecule has 5 heteroatoms. The molecule has 0 aliphatic heterocycles. The third-order valence-electron chi connectivity index (χ3n) is 3.03.